The van der Waals surface area contributed by atoms with E-state index in [4.69, 9.17) is 15.2 Å². The van der Waals surface area contributed by atoms with E-state index in [2.05, 4.69) is 20.8 Å². The Morgan fingerprint density at radius 3 is 2.19 bits per heavy atom. The SMILES string of the molecule is COc1ccc([C@@H](N)C(C)(C)C)c(OC)c1. The molecule has 0 unspecified atom stereocenters. The molecule has 0 aliphatic heterocycles. The van der Waals surface area contributed by atoms with Crippen LogP contribution in [-0.4, -0.2) is 14.2 Å². The van der Waals surface area contributed by atoms with E-state index in [0.29, 0.717) is 0 Å². The number of benzene rings is 1. The summed E-state index contributed by atoms with van der Waals surface area (Å²) < 4.78 is 10.5. The van der Waals surface area contributed by atoms with Crippen LogP contribution in [0.5, 0.6) is 11.5 Å². The number of methoxy groups -OCH3 is 2. The average Bonchev–Trinajstić information content (AvgIpc) is 2.26. The highest BCUT2D eigenvalue weighted by Gasteiger charge is 2.25. The third kappa shape index (κ3) is 2.67. The van der Waals surface area contributed by atoms with Gasteiger partial charge >= 0.3 is 0 Å². The molecule has 1 atom stereocenters. The summed E-state index contributed by atoms with van der Waals surface area (Å²) in [6.07, 6.45) is 0. The minimum atomic E-state index is -0.0617. The molecule has 0 aromatic heterocycles. The first-order chi connectivity index (χ1) is 7.40. The number of hydrogen-bond donors (Lipinski definition) is 1. The molecule has 0 aliphatic rings. The molecule has 0 radical (unpaired) electrons. The lowest BCUT2D eigenvalue weighted by Crippen LogP contribution is -2.26. The van der Waals surface area contributed by atoms with Crippen LogP contribution < -0.4 is 15.2 Å². The van der Waals surface area contributed by atoms with Crippen LogP contribution in [0.15, 0.2) is 18.2 Å². The summed E-state index contributed by atoms with van der Waals surface area (Å²) in [6, 6.07) is 5.67. The fourth-order valence-corrected chi connectivity index (χ4v) is 1.54. The van der Waals surface area contributed by atoms with Gasteiger partial charge in [-0.25, -0.2) is 0 Å². The summed E-state index contributed by atoms with van der Waals surface area (Å²) in [5, 5.41) is 0. The van der Waals surface area contributed by atoms with Gasteiger partial charge in [0.2, 0.25) is 0 Å². The van der Waals surface area contributed by atoms with Crippen molar-refractivity contribution in [2.75, 3.05) is 14.2 Å². The lowest BCUT2D eigenvalue weighted by atomic mass is 9.83. The zero-order chi connectivity index (χ0) is 12.3. The molecule has 3 nitrogen and oxygen atoms in total. The maximum atomic E-state index is 6.22. The lowest BCUT2D eigenvalue weighted by Gasteiger charge is -2.28. The van der Waals surface area contributed by atoms with Gasteiger partial charge in [0.1, 0.15) is 11.5 Å². The summed E-state index contributed by atoms with van der Waals surface area (Å²) in [5.41, 5.74) is 7.23. The van der Waals surface area contributed by atoms with E-state index < -0.39 is 0 Å². The Morgan fingerprint density at radius 1 is 1.12 bits per heavy atom. The van der Waals surface area contributed by atoms with Crippen LogP contribution >= 0.6 is 0 Å². The van der Waals surface area contributed by atoms with Crippen LogP contribution in [0.3, 0.4) is 0 Å². The Morgan fingerprint density at radius 2 is 1.75 bits per heavy atom. The molecular formula is C13H21NO2. The summed E-state index contributed by atoms with van der Waals surface area (Å²) in [4.78, 5) is 0. The van der Waals surface area contributed by atoms with E-state index in [1.807, 2.05) is 18.2 Å². The minimum absolute atomic E-state index is 0.00185. The highest BCUT2D eigenvalue weighted by Crippen LogP contribution is 2.37. The largest absolute Gasteiger partial charge is 0.497 e. The zero-order valence-electron chi connectivity index (χ0n) is 10.7. The molecule has 0 saturated carbocycles. The Kier molecular flexibility index (Phi) is 3.81. The van der Waals surface area contributed by atoms with Crippen molar-refractivity contribution in [3.8, 4) is 11.5 Å². The van der Waals surface area contributed by atoms with Crippen LogP contribution in [0.4, 0.5) is 0 Å². The molecule has 90 valence electrons. The zero-order valence-corrected chi connectivity index (χ0v) is 10.7. The molecule has 1 rings (SSSR count). The minimum Gasteiger partial charge on any atom is -0.497 e. The van der Waals surface area contributed by atoms with E-state index in [9.17, 15) is 0 Å². The van der Waals surface area contributed by atoms with Gasteiger partial charge in [-0.2, -0.15) is 0 Å². The summed E-state index contributed by atoms with van der Waals surface area (Å²) in [6.45, 7) is 6.34. The van der Waals surface area contributed by atoms with Crippen LogP contribution in [0.1, 0.15) is 32.4 Å². The fourth-order valence-electron chi connectivity index (χ4n) is 1.54. The number of hydrogen-bond acceptors (Lipinski definition) is 3. The van der Waals surface area contributed by atoms with Gasteiger partial charge < -0.3 is 15.2 Å². The van der Waals surface area contributed by atoms with Crippen molar-refractivity contribution < 1.29 is 9.47 Å². The van der Waals surface area contributed by atoms with Gasteiger partial charge in [-0.1, -0.05) is 26.8 Å². The Hall–Kier alpha value is -1.22. The van der Waals surface area contributed by atoms with E-state index in [1.165, 1.54) is 0 Å². The van der Waals surface area contributed by atoms with Gasteiger partial charge in [-0.3, -0.25) is 0 Å². The smallest absolute Gasteiger partial charge is 0.127 e. The molecule has 0 aliphatic carbocycles. The normalized spacial score (nSPS) is 13.4. The van der Waals surface area contributed by atoms with Crippen molar-refractivity contribution in [1.29, 1.82) is 0 Å². The van der Waals surface area contributed by atoms with E-state index in [0.717, 1.165) is 17.1 Å². The summed E-state index contributed by atoms with van der Waals surface area (Å²) >= 11 is 0. The highest BCUT2D eigenvalue weighted by atomic mass is 16.5. The maximum absolute atomic E-state index is 6.22. The molecule has 3 heteroatoms. The molecule has 0 spiro atoms. The highest BCUT2D eigenvalue weighted by molar-refractivity contribution is 5.42. The third-order valence-corrected chi connectivity index (χ3v) is 2.71. The maximum Gasteiger partial charge on any atom is 0.127 e. The molecule has 2 N–H and O–H groups in total. The number of ether oxygens (including phenoxy) is 2. The predicted molar refractivity (Wildman–Crippen MR) is 65.9 cm³/mol. The van der Waals surface area contributed by atoms with Crippen LogP contribution in [-0.2, 0) is 0 Å². The molecule has 1 aromatic carbocycles. The van der Waals surface area contributed by atoms with Gasteiger partial charge in [0.15, 0.2) is 0 Å². The van der Waals surface area contributed by atoms with Crippen molar-refractivity contribution in [1.82, 2.24) is 0 Å². The number of rotatable bonds is 3. The van der Waals surface area contributed by atoms with Crippen molar-refractivity contribution in [2.24, 2.45) is 11.1 Å². The van der Waals surface area contributed by atoms with Gasteiger partial charge in [0.25, 0.3) is 0 Å². The predicted octanol–water partition coefficient (Wildman–Crippen LogP) is 2.75. The molecule has 0 fully saturated rings. The molecular weight excluding hydrogens is 202 g/mol. The first-order valence-electron chi connectivity index (χ1n) is 5.37. The van der Waals surface area contributed by atoms with Crippen molar-refractivity contribution in [2.45, 2.75) is 26.8 Å². The quantitative estimate of drug-likeness (QED) is 0.857. The van der Waals surface area contributed by atoms with Crippen molar-refractivity contribution in [3.63, 3.8) is 0 Å². The van der Waals surface area contributed by atoms with Crippen LogP contribution in [0.2, 0.25) is 0 Å². The second kappa shape index (κ2) is 4.74. The average molecular weight is 223 g/mol. The van der Waals surface area contributed by atoms with Crippen LogP contribution in [0.25, 0.3) is 0 Å². The van der Waals surface area contributed by atoms with Gasteiger partial charge in [-0.05, 0) is 11.5 Å². The molecule has 0 bridgehead atoms. The first kappa shape index (κ1) is 12.8. The van der Waals surface area contributed by atoms with E-state index in [-0.39, 0.29) is 11.5 Å². The van der Waals surface area contributed by atoms with Crippen LogP contribution in [0, 0.1) is 5.41 Å². The Bertz CT molecular complexity index is 355. The van der Waals surface area contributed by atoms with E-state index in [1.54, 1.807) is 14.2 Å². The Balaban J connectivity index is 3.14. The lowest BCUT2D eigenvalue weighted by molar-refractivity contribution is 0.313. The molecule has 16 heavy (non-hydrogen) atoms. The fraction of sp³-hybridized carbons (Fsp3) is 0.538. The third-order valence-electron chi connectivity index (χ3n) is 2.71. The summed E-state index contributed by atoms with van der Waals surface area (Å²) in [5.74, 6) is 1.56. The molecule has 0 saturated heterocycles. The second-order valence-electron chi connectivity index (χ2n) is 4.95. The van der Waals surface area contributed by atoms with Gasteiger partial charge in [0.05, 0.1) is 14.2 Å². The first-order valence-corrected chi connectivity index (χ1v) is 5.37. The topological polar surface area (TPSA) is 44.5 Å². The van der Waals surface area contributed by atoms with E-state index >= 15 is 0 Å². The Labute approximate surface area is 97.6 Å². The molecule has 0 heterocycles. The second-order valence-corrected chi connectivity index (χ2v) is 4.95. The molecule has 1 aromatic rings. The molecule has 0 amide bonds. The van der Waals surface area contributed by atoms with Crippen molar-refractivity contribution >= 4 is 0 Å². The standard InChI is InChI=1S/C13H21NO2/c1-13(2,3)12(14)10-7-6-9(15-4)8-11(10)16-5/h6-8,12H,14H2,1-5H3/t12-/m1/s1. The monoisotopic (exact) mass is 223 g/mol. The number of nitrogens with two attached hydrogens (primary N) is 1. The van der Waals surface area contributed by atoms with Gasteiger partial charge in [-0.15, -0.1) is 0 Å². The van der Waals surface area contributed by atoms with Gasteiger partial charge in [0, 0.05) is 17.7 Å². The van der Waals surface area contributed by atoms with Crippen molar-refractivity contribution in [3.05, 3.63) is 23.8 Å². The summed E-state index contributed by atoms with van der Waals surface area (Å²) in [7, 11) is 3.28.